The fraction of sp³-hybridized carbons (Fsp3) is 0.647. The number of carbonyl (C=O) groups excluding carboxylic acids is 1. The lowest BCUT2D eigenvalue weighted by Crippen LogP contribution is -2.48. The number of likely N-dealkylation sites (tertiary alicyclic amines) is 1. The highest BCUT2D eigenvalue weighted by molar-refractivity contribution is 5.95. The molecule has 3 atom stereocenters. The summed E-state index contributed by atoms with van der Waals surface area (Å²) < 4.78 is 0. The molecule has 1 saturated heterocycles. The van der Waals surface area contributed by atoms with Gasteiger partial charge in [0.25, 0.3) is 5.91 Å². The fourth-order valence-electron chi connectivity index (χ4n) is 3.27. The normalized spacial score (nSPS) is 25.9. The van der Waals surface area contributed by atoms with E-state index in [2.05, 4.69) is 32.7 Å². The molecule has 0 bridgehead atoms. The van der Waals surface area contributed by atoms with Gasteiger partial charge in [-0.25, -0.2) is 4.98 Å². The van der Waals surface area contributed by atoms with Crippen LogP contribution in [0.1, 0.15) is 56.6 Å². The number of nitrogen functional groups attached to an aromatic ring is 1. The van der Waals surface area contributed by atoms with Crippen LogP contribution in [0.5, 0.6) is 0 Å². The predicted molar refractivity (Wildman–Crippen MR) is 86.1 cm³/mol. The highest BCUT2D eigenvalue weighted by Crippen LogP contribution is 2.28. The van der Waals surface area contributed by atoms with Gasteiger partial charge in [-0.2, -0.15) is 0 Å². The lowest BCUT2D eigenvalue weighted by molar-refractivity contribution is 0.0455. The Morgan fingerprint density at radius 2 is 2.10 bits per heavy atom. The third-order valence-electron chi connectivity index (χ3n) is 4.51. The zero-order valence-electron chi connectivity index (χ0n) is 13.6. The lowest BCUT2D eigenvalue weighted by atomic mass is 9.85. The van der Waals surface area contributed by atoms with E-state index in [-0.39, 0.29) is 11.9 Å². The van der Waals surface area contributed by atoms with Crippen molar-refractivity contribution >= 4 is 11.7 Å². The standard InChI is InChI=1S/C17H27N3O/c1-5-6-15-8-14(9-16(18)19-15)17(21)20-10-11(2)7-12(3)13(20)4/h8-9,11-13H,5-7,10H2,1-4H3,(H2,18,19). The predicted octanol–water partition coefficient (Wildman–Crippen LogP) is 3.12. The average molecular weight is 289 g/mol. The van der Waals surface area contributed by atoms with E-state index in [0.717, 1.165) is 25.1 Å². The van der Waals surface area contributed by atoms with Crippen LogP contribution in [0.4, 0.5) is 5.82 Å². The highest BCUT2D eigenvalue weighted by atomic mass is 16.2. The molecule has 0 aliphatic carbocycles. The molecule has 1 aliphatic heterocycles. The van der Waals surface area contributed by atoms with Crippen LogP contribution >= 0.6 is 0 Å². The molecule has 2 N–H and O–H groups in total. The Balaban J connectivity index is 2.26. The van der Waals surface area contributed by atoms with Gasteiger partial charge in [0.2, 0.25) is 0 Å². The summed E-state index contributed by atoms with van der Waals surface area (Å²) in [6.45, 7) is 9.51. The SMILES string of the molecule is CCCc1cc(C(=O)N2CC(C)CC(C)C2C)cc(N)n1. The number of amides is 1. The van der Waals surface area contributed by atoms with E-state index in [4.69, 9.17) is 5.73 Å². The molecule has 1 aromatic heterocycles. The Morgan fingerprint density at radius 1 is 1.38 bits per heavy atom. The summed E-state index contributed by atoms with van der Waals surface area (Å²) in [6, 6.07) is 3.88. The van der Waals surface area contributed by atoms with E-state index in [1.54, 1.807) is 6.07 Å². The number of hydrogen-bond acceptors (Lipinski definition) is 3. The van der Waals surface area contributed by atoms with E-state index in [1.807, 2.05) is 11.0 Å². The molecule has 2 rings (SSSR count). The molecule has 116 valence electrons. The molecule has 2 heterocycles. The van der Waals surface area contributed by atoms with Crippen LogP contribution in [0.3, 0.4) is 0 Å². The van der Waals surface area contributed by atoms with Crippen molar-refractivity contribution in [3.63, 3.8) is 0 Å². The van der Waals surface area contributed by atoms with Gasteiger partial charge in [-0.1, -0.05) is 27.2 Å². The molecule has 1 aromatic rings. The zero-order valence-corrected chi connectivity index (χ0v) is 13.6. The van der Waals surface area contributed by atoms with E-state index in [1.165, 1.54) is 6.42 Å². The van der Waals surface area contributed by atoms with Crippen LogP contribution in [0.2, 0.25) is 0 Å². The van der Waals surface area contributed by atoms with E-state index in [0.29, 0.717) is 23.2 Å². The number of carbonyl (C=O) groups is 1. The molecule has 4 heteroatoms. The largest absolute Gasteiger partial charge is 0.384 e. The molecule has 1 aliphatic rings. The highest BCUT2D eigenvalue weighted by Gasteiger charge is 2.32. The van der Waals surface area contributed by atoms with Crippen molar-refractivity contribution in [1.82, 2.24) is 9.88 Å². The second-order valence-corrected chi connectivity index (χ2v) is 6.54. The second-order valence-electron chi connectivity index (χ2n) is 6.54. The maximum atomic E-state index is 12.9. The summed E-state index contributed by atoms with van der Waals surface area (Å²) >= 11 is 0. The molecule has 3 unspecified atom stereocenters. The molecular formula is C17H27N3O. The summed E-state index contributed by atoms with van der Waals surface area (Å²) in [6.07, 6.45) is 3.04. The number of nitrogens with zero attached hydrogens (tertiary/aromatic N) is 2. The molecule has 0 aromatic carbocycles. The minimum Gasteiger partial charge on any atom is -0.384 e. The first-order chi connectivity index (χ1) is 9.92. The first kappa shape index (κ1) is 15.8. The molecule has 1 fully saturated rings. The van der Waals surface area contributed by atoms with Crippen molar-refractivity contribution in [1.29, 1.82) is 0 Å². The van der Waals surface area contributed by atoms with Crippen molar-refractivity contribution in [2.75, 3.05) is 12.3 Å². The number of rotatable bonds is 3. The Hall–Kier alpha value is -1.58. The molecule has 0 saturated carbocycles. The Bertz CT molecular complexity index is 515. The van der Waals surface area contributed by atoms with Crippen LogP contribution in [0.25, 0.3) is 0 Å². The number of hydrogen-bond donors (Lipinski definition) is 1. The van der Waals surface area contributed by atoms with Gasteiger partial charge in [0.15, 0.2) is 0 Å². The summed E-state index contributed by atoms with van der Waals surface area (Å²) in [5.74, 6) is 1.61. The molecule has 0 spiro atoms. The molecular weight excluding hydrogens is 262 g/mol. The van der Waals surface area contributed by atoms with Gasteiger partial charge in [-0.15, -0.1) is 0 Å². The monoisotopic (exact) mass is 289 g/mol. The van der Waals surface area contributed by atoms with Gasteiger partial charge in [-0.05, 0) is 43.7 Å². The van der Waals surface area contributed by atoms with Crippen molar-refractivity contribution in [3.8, 4) is 0 Å². The molecule has 0 radical (unpaired) electrons. The average Bonchev–Trinajstić information content (AvgIpc) is 2.41. The van der Waals surface area contributed by atoms with Crippen LogP contribution in [-0.4, -0.2) is 28.4 Å². The van der Waals surface area contributed by atoms with Crippen molar-refractivity contribution in [3.05, 3.63) is 23.4 Å². The minimum atomic E-state index is 0.0901. The Kier molecular flexibility index (Phi) is 4.86. The van der Waals surface area contributed by atoms with Gasteiger partial charge in [0.05, 0.1) is 0 Å². The van der Waals surface area contributed by atoms with Gasteiger partial charge in [0, 0.05) is 23.8 Å². The first-order valence-corrected chi connectivity index (χ1v) is 7.99. The Morgan fingerprint density at radius 3 is 2.76 bits per heavy atom. The smallest absolute Gasteiger partial charge is 0.254 e. The van der Waals surface area contributed by atoms with Crippen LogP contribution in [0.15, 0.2) is 12.1 Å². The van der Waals surface area contributed by atoms with Crippen LogP contribution in [0, 0.1) is 11.8 Å². The first-order valence-electron chi connectivity index (χ1n) is 7.99. The number of piperidine rings is 1. The lowest BCUT2D eigenvalue weighted by Gasteiger charge is -2.41. The number of anilines is 1. The molecule has 21 heavy (non-hydrogen) atoms. The molecule has 4 nitrogen and oxygen atoms in total. The number of aromatic nitrogens is 1. The van der Waals surface area contributed by atoms with Crippen molar-refractivity contribution in [2.45, 2.75) is 53.0 Å². The maximum Gasteiger partial charge on any atom is 0.254 e. The van der Waals surface area contributed by atoms with Gasteiger partial charge in [0.1, 0.15) is 5.82 Å². The van der Waals surface area contributed by atoms with Crippen molar-refractivity contribution in [2.24, 2.45) is 11.8 Å². The minimum absolute atomic E-state index is 0.0901. The van der Waals surface area contributed by atoms with E-state index in [9.17, 15) is 4.79 Å². The summed E-state index contributed by atoms with van der Waals surface area (Å²) in [5.41, 5.74) is 7.45. The Labute approximate surface area is 127 Å². The van der Waals surface area contributed by atoms with Crippen molar-refractivity contribution < 1.29 is 4.79 Å². The van der Waals surface area contributed by atoms with Gasteiger partial charge >= 0.3 is 0 Å². The number of nitrogens with two attached hydrogens (primary N) is 1. The molecule has 1 amide bonds. The number of pyridine rings is 1. The van der Waals surface area contributed by atoms with E-state index >= 15 is 0 Å². The second kappa shape index (κ2) is 6.46. The van der Waals surface area contributed by atoms with E-state index < -0.39 is 0 Å². The van der Waals surface area contributed by atoms with Gasteiger partial charge in [-0.3, -0.25) is 4.79 Å². The zero-order chi connectivity index (χ0) is 15.6. The van der Waals surface area contributed by atoms with Crippen LogP contribution < -0.4 is 5.73 Å². The third-order valence-corrected chi connectivity index (χ3v) is 4.51. The fourth-order valence-corrected chi connectivity index (χ4v) is 3.27. The number of aryl methyl sites for hydroxylation is 1. The summed E-state index contributed by atoms with van der Waals surface area (Å²) in [4.78, 5) is 19.2. The summed E-state index contributed by atoms with van der Waals surface area (Å²) in [5, 5.41) is 0. The summed E-state index contributed by atoms with van der Waals surface area (Å²) in [7, 11) is 0. The third kappa shape index (κ3) is 3.55. The topological polar surface area (TPSA) is 59.2 Å². The quantitative estimate of drug-likeness (QED) is 0.930. The van der Waals surface area contributed by atoms with Crippen LogP contribution in [-0.2, 0) is 6.42 Å². The maximum absolute atomic E-state index is 12.9. The van der Waals surface area contributed by atoms with Gasteiger partial charge < -0.3 is 10.6 Å².